The lowest BCUT2D eigenvalue weighted by atomic mass is 10.0. The molecular weight excluding hydrogens is 432 g/mol. The largest absolute Gasteiger partial charge is 0.437 e. The van der Waals surface area contributed by atoms with Gasteiger partial charge in [0.25, 0.3) is 11.8 Å². The lowest BCUT2D eigenvalue weighted by Crippen LogP contribution is -2.16. The van der Waals surface area contributed by atoms with E-state index >= 15 is 0 Å². The minimum absolute atomic E-state index is 0.138. The van der Waals surface area contributed by atoms with Crippen LogP contribution < -0.4 is 11.1 Å². The minimum Gasteiger partial charge on any atom is -0.388 e. The molecule has 0 radical (unpaired) electrons. The number of aromatic nitrogens is 4. The van der Waals surface area contributed by atoms with E-state index in [0.29, 0.717) is 11.5 Å². The zero-order valence-electron chi connectivity index (χ0n) is 17.4. The van der Waals surface area contributed by atoms with Crippen LogP contribution in [0.2, 0.25) is 0 Å². The van der Waals surface area contributed by atoms with Gasteiger partial charge in [0.2, 0.25) is 0 Å². The molecule has 0 spiro atoms. The molecule has 1 fully saturated rings. The van der Waals surface area contributed by atoms with Gasteiger partial charge in [0.15, 0.2) is 0 Å². The first-order valence-corrected chi connectivity index (χ1v) is 10.2. The van der Waals surface area contributed by atoms with E-state index in [4.69, 9.17) is 4.42 Å². The quantitative estimate of drug-likeness (QED) is 0.496. The van der Waals surface area contributed by atoms with E-state index in [-0.39, 0.29) is 11.7 Å². The molecule has 0 unspecified atom stereocenters. The number of nitrogens with zero attached hydrogens (tertiary/aromatic N) is 4. The number of aryl methyl sites for hydroxylation is 1. The summed E-state index contributed by atoms with van der Waals surface area (Å²) in [6.07, 6.45) is 5.20. The van der Waals surface area contributed by atoms with E-state index < -0.39 is 28.9 Å². The maximum absolute atomic E-state index is 13.9. The summed E-state index contributed by atoms with van der Waals surface area (Å²) in [5.41, 5.74) is 2.28. The first kappa shape index (κ1) is 20.7. The van der Waals surface area contributed by atoms with E-state index in [1.54, 1.807) is 12.3 Å². The van der Waals surface area contributed by atoms with Crippen LogP contribution in [0.3, 0.4) is 0 Å². The number of carbonyl (C=O) groups is 1. The standard InChI is InChI=1S/C23H17F2N5O3/c1-30-23(32)33-22(29-30)14-9-15(20(27-11-14)12-5-6-12)13-7-8-18(26-10-13)28-21(31)19-16(24)3-2-4-17(19)25/h2-4,7-12H,5-6H2,1H3,(H,26,28,31). The summed E-state index contributed by atoms with van der Waals surface area (Å²) in [6.45, 7) is 0. The van der Waals surface area contributed by atoms with Crippen LogP contribution >= 0.6 is 0 Å². The molecule has 166 valence electrons. The molecule has 1 aliphatic rings. The van der Waals surface area contributed by atoms with Crippen LogP contribution in [-0.4, -0.2) is 25.7 Å². The number of nitrogens with one attached hydrogen (secondary N) is 1. The zero-order valence-corrected chi connectivity index (χ0v) is 17.4. The van der Waals surface area contributed by atoms with Crippen molar-refractivity contribution >= 4 is 11.7 Å². The lowest BCUT2D eigenvalue weighted by Gasteiger charge is -2.11. The van der Waals surface area contributed by atoms with Crippen molar-refractivity contribution in [3.8, 4) is 22.6 Å². The Bertz CT molecular complexity index is 1400. The monoisotopic (exact) mass is 449 g/mol. The normalized spacial score (nSPS) is 13.2. The van der Waals surface area contributed by atoms with Crippen molar-refractivity contribution in [3.05, 3.63) is 82.2 Å². The molecule has 0 bridgehead atoms. The number of anilines is 1. The van der Waals surface area contributed by atoms with E-state index in [0.717, 1.165) is 46.5 Å². The van der Waals surface area contributed by atoms with E-state index in [9.17, 15) is 18.4 Å². The van der Waals surface area contributed by atoms with Crippen LogP contribution in [0.25, 0.3) is 22.6 Å². The van der Waals surface area contributed by atoms with Crippen molar-refractivity contribution in [3.63, 3.8) is 0 Å². The maximum Gasteiger partial charge on any atom is 0.437 e. The summed E-state index contributed by atoms with van der Waals surface area (Å²) in [4.78, 5) is 32.7. The van der Waals surface area contributed by atoms with Gasteiger partial charge in [0, 0.05) is 36.5 Å². The second kappa shape index (κ2) is 8.05. The van der Waals surface area contributed by atoms with Crippen LogP contribution in [0.15, 0.2) is 58.0 Å². The molecule has 0 saturated heterocycles. The first-order chi connectivity index (χ1) is 15.9. The summed E-state index contributed by atoms with van der Waals surface area (Å²) in [7, 11) is 1.49. The van der Waals surface area contributed by atoms with Crippen molar-refractivity contribution in [1.82, 2.24) is 19.7 Å². The number of pyridine rings is 2. The van der Waals surface area contributed by atoms with Crippen LogP contribution in [0.4, 0.5) is 14.6 Å². The average molecular weight is 449 g/mol. The fourth-order valence-electron chi connectivity index (χ4n) is 3.49. The molecule has 1 amide bonds. The van der Waals surface area contributed by atoms with Gasteiger partial charge in [-0.05, 0) is 43.2 Å². The second-order valence-corrected chi connectivity index (χ2v) is 7.71. The fourth-order valence-corrected chi connectivity index (χ4v) is 3.49. The Kier molecular flexibility index (Phi) is 5.04. The Morgan fingerprint density at radius 1 is 1.09 bits per heavy atom. The number of hydrogen-bond acceptors (Lipinski definition) is 6. The van der Waals surface area contributed by atoms with Crippen LogP contribution in [0, 0.1) is 11.6 Å². The Morgan fingerprint density at radius 2 is 1.82 bits per heavy atom. The number of benzene rings is 1. The van der Waals surface area contributed by atoms with Gasteiger partial charge in [-0.1, -0.05) is 6.07 Å². The molecule has 1 saturated carbocycles. The number of rotatable bonds is 5. The molecule has 3 aromatic heterocycles. The van der Waals surface area contributed by atoms with E-state index in [1.807, 2.05) is 6.07 Å². The van der Waals surface area contributed by atoms with Crippen LogP contribution in [0.5, 0.6) is 0 Å². The Hall–Kier alpha value is -4.21. The predicted octanol–water partition coefficient (Wildman–Crippen LogP) is 3.91. The summed E-state index contributed by atoms with van der Waals surface area (Å²) >= 11 is 0. The number of amides is 1. The molecule has 8 nitrogen and oxygen atoms in total. The van der Waals surface area contributed by atoms with Gasteiger partial charge in [0.1, 0.15) is 23.0 Å². The zero-order chi connectivity index (χ0) is 23.1. The Labute approximate surface area is 185 Å². The summed E-state index contributed by atoms with van der Waals surface area (Å²) in [6, 6.07) is 8.30. The number of carbonyl (C=O) groups excluding carboxylic acids is 1. The topological polar surface area (TPSA) is 103 Å². The third-order valence-electron chi connectivity index (χ3n) is 5.32. The van der Waals surface area contributed by atoms with Crippen molar-refractivity contribution in [2.75, 3.05) is 5.32 Å². The molecule has 0 aliphatic heterocycles. The molecule has 1 aliphatic carbocycles. The number of halogens is 2. The maximum atomic E-state index is 13.9. The molecule has 4 aromatic rings. The third-order valence-corrected chi connectivity index (χ3v) is 5.32. The highest BCUT2D eigenvalue weighted by Gasteiger charge is 2.29. The molecule has 5 rings (SSSR count). The molecule has 1 aromatic carbocycles. The lowest BCUT2D eigenvalue weighted by molar-refractivity contribution is 0.101. The Morgan fingerprint density at radius 3 is 2.42 bits per heavy atom. The smallest absolute Gasteiger partial charge is 0.388 e. The fraction of sp³-hybridized carbons (Fsp3) is 0.174. The highest BCUT2D eigenvalue weighted by Crippen LogP contribution is 2.44. The van der Waals surface area contributed by atoms with Gasteiger partial charge in [-0.3, -0.25) is 9.78 Å². The average Bonchev–Trinajstić information content (AvgIpc) is 3.58. The SMILES string of the molecule is Cn1nc(-c2cnc(C3CC3)c(-c3ccc(NC(=O)c4c(F)cccc4F)nc3)c2)oc1=O. The molecular formula is C23H17F2N5O3. The van der Waals surface area contributed by atoms with E-state index in [1.165, 1.54) is 25.4 Å². The molecule has 0 atom stereocenters. The van der Waals surface area contributed by atoms with Gasteiger partial charge in [0.05, 0.1) is 11.3 Å². The van der Waals surface area contributed by atoms with Crippen molar-refractivity contribution < 1.29 is 18.0 Å². The van der Waals surface area contributed by atoms with Gasteiger partial charge in [-0.15, -0.1) is 5.10 Å². The van der Waals surface area contributed by atoms with Crippen molar-refractivity contribution in [2.45, 2.75) is 18.8 Å². The van der Waals surface area contributed by atoms with Crippen LogP contribution in [0.1, 0.15) is 34.8 Å². The van der Waals surface area contributed by atoms with E-state index in [2.05, 4.69) is 20.4 Å². The molecule has 1 N–H and O–H groups in total. The molecule has 3 heterocycles. The first-order valence-electron chi connectivity index (χ1n) is 10.2. The predicted molar refractivity (Wildman–Crippen MR) is 114 cm³/mol. The summed E-state index contributed by atoms with van der Waals surface area (Å²) in [5.74, 6) is -2.80. The molecule has 33 heavy (non-hydrogen) atoms. The highest BCUT2D eigenvalue weighted by atomic mass is 19.1. The Balaban J connectivity index is 1.45. The third kappa shape index (κ3) is 4.02. The number of hydrogen-bond donors (Lipinski definition) is 1. The van der Waals surface area contributed by atoms with Crippen molar-refractivity contribution in [1.29, 1.82) is 0 Å². The minimum atomic E-state index is -0.956. The second-order valence-electron chi connectivity index (χ2n) is 7.71. The highest BCUT2D eigenvalue weighted by molar-refractivity contribution is 6.04. The van der Waals surface area contributed by atoms with Gasteiger partial charge >= 0.3 is 5.76 Å². The summed E-state index contributed by atoms with van der Waals surface area (Å²) in [5, 5.41) is 6.47. The van der Waals surface area contributed by atoms with Crippen LogP contribution in [-0.2, 0) is 7.05 Å². The summed E-state index contributed by atoms with van der Waals surface area (Å²) < 4.78 is 34.0. The molecule has 10 heteroatoms. The van der Waals surface area contributed by atoms with Crippen molar-refractivity contribution in [2.24, 2.45) is 7.05 Å². The van der Waals surface area contributed by atoms with Gasteiger partial charge in [-0.2, -0.15) is 4.68 Å². The van der Waals surface area contributed by atoms with Gasteiger partial charge in [-0.25, -0.2) is 18.6 Å². The van der Waals surface area contributed by atoms with Gasteiger partial charge < -0.3 is 9.73 Å².